The van der Waals surface area contributed by atoms with Crippen LogP contribution in [-0.2, 0) is 0 Å². The zero-order valence-electron chi connectivity index (χ0n) is 28.4. The molecule has 0 radical (unpaired) electrons. The summed E-state index contributed by atoms with van der Waals surface area (Å²) < 4.78 is 12.6. The second-order valence-corrected chi connectivity index (χ2v) is 13.2. The highest BCUT2D eigenvalue weighted by Gasteiger charge is 2.16. The van der Waals surface area contributed by atoms with Gasteiger partial charge in [0.1, 0.15) is 22.3 Å². The molecular formula is C47H31N3O2. The number of amidine groups is 1. The summed E-state index contributed by atoms with van der Waals surface area (Å²) in [7, 11) is 0. The number of aromatic amines is 1. The van der Waals surface area contributed by atoms with Gasteiger partial charge in [-0.25, -0.2) is 9.98 Å². The maximum absolute atomic E-state index is 6.51. The van der Waals surface area contributed by atoms with E-state index < -0.39 is 0 Å². The Balaban J connectivity index is 1.12. The third-order valence-electron chi connectivity index (χ3n) is 9.99. The van der Waals surface area contributed by atoms with Crippen molar-refractivity contribution in [2.45, 2.75) is 6.92 Å². The summed E-state index contributed by atoms with van der Waals surface area (Å²) in [6, 6.07) is 51.8. The Kier molecular flexibility index (Phi) is 6.80. The van der Waals surface area contributed by atoms with Gasteiger partial charge in [0.25, 0.3) is 0 Å². The van der Waals surface area contributed by atoms with Crippen molar-refractivity contribution in [1.82, 2.24) is 4.98 Å². The Bertz CT molecular complexity index is 3100. The van der Waals surface area contributed by atoms with E-state index in [-0.39, 0.29) is 0 Å². The molecule has 0 bridgehead atoms. The highest BCUT2D eigenvalue weighted by Crippen LogP contribution is 2.37. The number of aliphatic imine (C=N–C) groups is 2. The fourth-order valence-corrected chi connectivity index (χ4v) is 7.37. The van der Waals surface area contributed by atoms with Gasteiger partial charge in [-0.15, -0.1) is 0 Å². The van der Waals surface area contributed by atoms with Gasteiger partial charge in [0.2, 0.25) is 0 Å². The van der Waals surface area contributed by atoms with Gasteiger partial charge in [-0.2, -0.15) is 0 Å². The van der Waals surface area contributed by atoms with Gasteiger partial charge in [0.05, 0.1) is 5.70 Å². The Morgan fingerprint density at radius 1 is 0.500 bits per heavy atom. The summed E-state index contributed by atoms with van der Waals surface area (Å²) in [5, 5.41) is 6.55. The fraction of sp³-hybridized carbons (Fsp3) is 0.0213. The molecule has 0 saturated carbocycles. The number of furan rings is 2. The summed E-state index contributed by atoms with van der Waals surface area (Å²) in [4.78, 5) is 13.9. The number of hydrogen-bond donors (Lipinski definition) is 1. The standard InChI is InChI=1S/C47H31N3O2/c1-28(31-20-23-41-38(25-31)35-13-6-8-16-40(35)50-41)48-47(49-29(2)32-21-24-43-39(26-32)36-14-7-9-17-42(36)51-43)33-19-22-37-45(27-33)52-44-18-10-15-34(46(37)44)30-11-4-3-5-12-30/h3-27,50H,1H2,2H3. The molecule has 1 N–H and O–H groups in total. The zero-order chi connectivity index (χ0) is 34.8. The third kappa shape index (κ3) is 4.94. The van der Waals surface area contributed by atoms with Crippen LogP contribution < -0.4 is 0 Å². The highest BCUT2D eigenvalue weighted by atomic mass is 16.3. The molecule has 0 saturated heterocycles. The molecule has 0 fully saturated rings. The second-order valence-electron chi connectivity index (χ2n) is 13.2. The molecule has 0 aliphatic rings. The van der Waals surface area contributed by atoms with Crippen molar-refractivity contribution >= 4 is 82.9 Å². The first-order valence-corrected chi connectivity index (χ1v) is 17.3. The van der Waals surface area contributed by atoms with Gasteiger partial charge in [-0.1, -0.05) is 97.6 Å². The van der Waals surface area contributed by atoms with Crippen molar-refractivity contribution in [3.8, 4) is 11.1 Å². The molecule has 5 heteroatoms. The van der Waals surface area contributed by atoms with E-state index in [9.17, 15) is 0 Å². The van der Waals surface area contributed by atoms with E-state index in [1.54, 1.807) is 0 Å². The molecule has 0 amide bonds. The SMILES string of the molecule is C=C(N=C(N=C(C)c1ccc2oc3ccccc3c2c1)c1ccc2c(c1)oc1cccc(-c3ccccc3)c12)c1ccc2[nH]c3ccccc3c2c1. The molecule has 0 unspecified atom stereocenters. The molecule has 0 spiro atoms. The number of nitrogens with one attached hydrogen (secondary N) is 1. The lowest BCUT2D eigenvalue weighted by Gasteiger charge is -2.08. The van der Waals surface area contributed by atoms with Crippen molar-refractivity contribution < 1.29 is 8.83 Å². The van der Waals surface area contributed by atoms with Crippen LogP contribution in [0.1, 0.15) is 23.6 Å². The molecule has 52 heavy (non-hydrogen) atoms. The summed E-state index contributed by atoms with van der Waals surface area (Å²) >= 11 is 0. The van der Waals surface area contributed by atoms with Crippen LogP contribution >= 0.6 is 0 Å². The largest absolute Gasteiger partial charge is 0.456 e. The molecule has 5 nitrogen and oxygen atoms in total. The number of hydrogen-bond acceptors (Lipinski definition) is 3. The molecule has 0 aliphatic carbocycles. The van der Waals surface area contributed by atoms with Crippen LogP contribution in [0, 0.1) is 0 Å². The van der Waals surface area contributed by atoms with Crippen molar-refractivity contribution in [2.75, 3.05) is 0 Å². The second kappa shape index (κ2) is 11.8. The number of benzene rings is 7. The van der Waals surface area contributed by atoms with Gasteiger partial charge < -0.3 is 13.8 Å². The maximum Gasteiger partial charge on any atom is 0.160 e. The number of nitrogens with zero attached hydrogens (tertiary/aromatic N) is 2. The summed E-state index contributed by atoms with van der Waals surface area (Å²) in [5.41, 5.74) is 11.9. The van der Waals surface area contributed by atoms with Crippen molar-refractivity contribution in [3.05, 3.63) is 175 Å². The Labute approximate surface area is 298 Å². The lowest BCUT2D eigenvalue weighted by molar-refractivity contribution is 0.668. The van der Waals surface area contributed by atoms with Gasteiger partial charge in [0.15, 0.2) is 5.84 Å². The molecule has 3 aromatic heterocycles. The lowest BCUT2D eigenvalue weighted by Crippen LogP contribution is -2.04. The van der Waals surface area contributed by atoms with Gasteiger partial charge >= 0.3 is 0 Å². The van der Waals surface area contributed by atoms with E-state index in [2.05, 4.69) is 109 Å². The molecule has 7 aromatic carbocycles. The average Bonchev–Trinajstić information content (AvgIpc) is 3.88. The predicted molar refractivity (Wildman–Crippen MR) is 216 cm³/mol. The normalized spacial score (nSPS) is 12.6. The van der Waals surface area contributed by atoms with Gasteiger partial charge in [0, 0.05) is 60.2 Å². The number of aromatic nitrogens is 1. The summed E-state index contributed by atoms with van der Waals surface area (Å²) in [6.45, 7) is 6.47. The lowest BCUT2D eigenvalue weighted by atomic mass is 9.99. The minimum atomic E-state index is 0.546. The number of fused-ring (bicyclic) bond motifs is 9. The topological polar surface area (TPSA) is 66.8 Å². The summed E-state index contributed by atoms with van der Waals surface area (Å²) in [5.74, 6) is 0.546. The quantitative estimate of drug-likeness (QED) is 0.146. The Morgan fingerprint density at radius 3 is 2.10 bits per heavy atom. The molecule has 3 heterocycles. The minimum Gasteiger partial charge on any atom is -0.456 e. The number of H-pyrrole nitrogens is 1. The van der Waals surface area contributed by atoms with Crippen molar-refractivity contribution in [1.29, 1.82) is 0 Å². The van der Waals surface area contributed by atoms with Crippen LogP contribution in [0.25, 0.3) is 82.5 Å². The van der Waals surface area contributed by atoms with E-state index in [0.717, 1.165) is 99.2 Å². The van der Waals surface area contributed by atoms with E-state index >= 15 is 0 Å². The van der Waals surface area contributed by atoms with E-state index in [1.165, 1.54) is 0 Å². The molecular weight excluding hydrogens is 639 g/mol. The van der Waals surface area contributed by atoms with Crippen LogP contribution in [-0.4, -0.2) is 16.5 Å². The molecule has 10 aromatic rings. The van der Waals surface area contributed by atoms with E-state index in [1.807, 2.05) is 61.5 Å². The molecule has 0 atom stereocenters. The van der Waals surface area contributed by atoms with Crippen molar-refractivity contribution in [2.24, 2.45) is 9.98 Å². The number of para-hydroxylation sites is 2. The average molecular weight is 670 g/mol. The van der Waals surface area contributed by atoms with Crippen LogP contribution in [0.2, 0.25) is 0 Å². The smallest absolute Gasteiger partial charge is 0.160 e. The van der Waals surface area contributed by atoms with Crippen LogP contribution in [0.5, 0.6) is 0 Å². The van der Waals surface area contributed by atoms with Gasteiger partial charge in [-0.05, 0) is 84.3 Å². The summed E-state index contributed by atoms with van der Waals surface area (Å²) in [6.07, 6.45) is 0. The van der Waals surface area contributed by atoms with E-state index in [0.29, 0.717) is 11.5 Å². The predicted octanol–water partition coefficient (Wildman–Crippen LogP) is 12.7. The molecule has 0 aliphatic heterocycles. The highest BCUT2D eigenvalue weighted by molar-refractivity contribution is 6.18. The monoisotopic (exact) mass is 669 g/mol. The minimum absolute atomic E-state index is 0.546. The third-order valence-corrected chi connectivity index (χ3v) is 9.99. The Hall–Kier alpha value is -6.98. The first-order valence-electron chi connectivity index (χ1n) is 17.3. The fourth-order valence-electron chi connectivity index (χ4n) is 7.37. The molecule has 10 rings (SSSR count). The number of rotatable bonds is 5. The maximum atomic E-state index is 6.51. The van der Waals surface area contributed by atoms with Crippen molar-refractivity contribution in [3.63, 3.8) is 0 Å². The Morgan fingerprint density at radius 2 is 1.19 bits per heavy atom. The van der Waals surface area contributed by atoms with Crippen LogP contribution in [0.3, 0.4) is 0 Å². The van der Waals surface area contributed by atoms with Crippen LogP contribution in [0.4, 0.5) is 0 Å². The van der Waals surface area contributed by atoms with E-state index in [4.69, 9.17) is 18.8 Å². The first kappa shape index (κ1) is 29.9. The van der Waals surface area contributed by atoms with Crippen LogP contribution in [0.15, 0.2) is 177 Å². The zero-order valence-corrected chi connectivity index (χ0v) is 28.4. The molecule has 246 valence electrons. The van der Waals surface area contributed by atoms with Gasteiger partial charge in [-0.3, -0.25) is 0 Å². The first-order chi connectivity index (χ1) is 25.6.